The Morgan fingerprint density at radius 1 is 0.867 bits per heavy atom. The first-order valence-electron chi connectivity index (χ1n) is 6.80. The van der Waals surface area contributed by atoms with Gasteiger partial charge in [0.1, 0.15) is 0 Å². The molecule has 86 valence electrons. The van der Waals surface area contributed by atoms with E-state index in [0.717, 1.165) is 11.8 Å². The number of hydrogen-bond acceptors (Lipinski definition) is 0. The smallest absolute Gasteiger partial charge is 0.00821 e. The maximum absolute atomic E-state index is 2.41. The van der Waals surface area contributed by atoms with Crippen LogP contribution < -0.4 is 0 Å². The van der Waals surface area contributed by atoms with E-state index in [0.29, 0.717) is 5.41 Å². The Kier molecular flexibility index (Phi) is 2.96. The molecule has 2 aliphatic rings. The van der Waals surface area contributed by atoms with Gasteiger partial charge in [-0.1, -0.05) is 45.3 Å². The maximum Gasteiger partial charge on any atom is -0.00821 e. The van der Waals surface area contributed by atoms with Crippen LogP contribution in [0, 0.1) is 17.3 Å². The van der Waals surface area contributed by atoms with E-state index in [2.05, 4.69) is 27.7 Å². The lowest BCUT2D eigenvalue weighted by Gasteiger charge is -2.26. The summed E-state index contributed by atoms with van der Waals surface area (Å²) in [6, 6.07) is 0. The van der Waals surface area contributed by atoms with Gasteiger partial charge in [0, 0.05) is 0 Å². The Hall–Kier alpha value is -0.260. The molecule has 0 heteroatoms. The van der Waals surface area contributed by atoms with Crippen molar-refractivity contribution in [2.24, 2.45) is 17.3 Å². The first-order chi connectivity index (χ1) is 7.07. The van der Waals surface area contributed by atoms with E-state index in [1.165, 1.54) is 38.5 Å². The second-order valence-corrected chi connectivity index (χ2v) is 6.24. The molecular formula is C15H26. The third-order valence-electron chi connectivity index (χ3n) is 4.40. The summed E-state index contributed by atoms with van der Waals surface area (Å²) in [6.07, 6.45) is 8.73. The van der Waals surface area contributed by atoms with Crippen LogP contribution in [0.25, 0.3) is 0 Å². The van der Waals surface area contributed by atoms with Crippen molar-refractivity contribution in [1.29, 1.82) is 0 Å². The Labute approximate surface area is 95.1 Å². The van der Waals surface area contributed by atoms with Gasteiger partial charge >= 0.3 is 0 Å². The lowest BCUT2D eigenvalue weighted by molar-refractivity contribution is 0.477. The van der Waals surface area contributed by atoms with E-state index < -0.39 is 0 Å². The highest BCUT2D eigenvalue weighted by atomic mass is 14.5. The number of allylic oxidation sites excluding steroid dienone is 2. The molecule has 1 fully saturated rings. The molecule has 0 aromatic carbocycles. The minimum atomic E-state index is 0.685. The van der Waals surface area contributed by atoms with Gasteiger partial charge in [0.05, 0.1) is 0 Å². The summed E-state index contributed by atoms with van der Waals surface area (Å²) in [7, 11) is 0. The Balaban J connectivity index is 2.38. The first kappa shape index (κ1) is 11.2. The van der Waals surface area contributed by atoms with Crippen molar-refractivity contribution in [2.75, 3.05) is 0 Å². The molecule has 0 nitrogen and oxygen atoms in total. The van der Waals surface area contributed by atoms with Gasteiger partial charge in [-0.15, -0.1) is 0 Å². The van der Waals surface area contributed by atoms with Crippen LogP contribution >= 0.6 is 0 Å². The second-order valence-electron chi connectivity index (χ2n) is 6.24. The van der Waals surface area contributed by atoms with Crippen molar-refractivity contribution in [3.8, 4) is 0 Å². The second kappa shape index (κ2) is 3.96. The summed E-state index contributed by atoms with van der Waals surface area (Å²) in [5.41, 5.74) is 4.37. The van der Waals surface area contributed by atoms with Gasteiger partial charge < -0.3 is 0 Å². The molecule has 0 aliphatic heterocycles. The van der Waals surface area contributed by atoms with Gasteiger partial charge in [-0.3, -0.25) is 0 Å². The summed E-state index contributed by atoms with van der Waals surface area (Å²) in [5, 5.41) is 0. The molecule has 0 aromatic heterocycles. The molecule has 2 rings (SSSR count). The normalized spacial score (nSPS) is 25.2. The third-order valence-corrected chi connectivity index (χ3v) is 4.40. The molecule has 0 heterocycles. The molecule has 0 amide bonds. The molecule has 0 unspecified atom stereocenters. The fraction of sp³-hybridized carbons (Fsp3) is 0.867. The van der Waals surface area contributed by atoms with Gasteiger partial charge in [0.2, 0.25) is 0 Å². The van der Waals surface area contributed by atoms with Crippen LogP contribution in [0.1, 0.15) is 66.2 Å². The standard InChI is InChI=1S/C15H26/c1-11(2)13-7-5-6-8-15(9-10-15)14(13)12(3)4/h11-12H,5-10H2,1-4H3. The molecule has 1 saturated carbocycles. The van der Waals surface area contributed by atoms with Crippen molar-refractivity contribution in [3.05, 3.63) is 11.1 Å². The van der Waals surface area contributed by atoms with E-state index in [1.54, 1.807) is 0 Å². The van der Waals surface area contributed by atoms with E-state index in [-0.39, 0.29) is 0 Å². The summed E-state index contributed by atoms with van der Waals surface area (Å²) < 4.78 is 0. The molecule has 0 aromatic rings. The molecule has 1 spiro atoms. The molecule has 0 atom stereocenters. The zero-order chi connectivity index (χ0) is 11.1. The zero-order valence-electron chi connectivity index (χ0n) is 10.9. The van der Waals surface area contributed by atoms with E-state index >= 15 is 0 Å². The largest absolute Gasteiger partial charge is 0.0676 e. The van der Waals surface area contributed by atoms with Gasteiger partial charge in [0.15, 0.2) is 0 Å². The van der Waals surface area contributed by atoms with Crippen molar-refractivity contribution in [2.45, 2.75) is 66.2 Å². The average Bonchev–Trinajstić information content (AvgIpc) is 2.92. The summed E-state index contributed by atoms with van der Waals surface area (Å²) in [6.45, 7) is 9.59. The minimum absolute atomic E-state index is 0.685. The lowest BCUT2D eigenvalue weighted by Crippen LogP contribution is -2.13. The molecule has 0 bridgehead atoms. The van der Waals surface area contributed by atoms with Crippen LogP contribution in [-0.2, 0) is 0 Å². The molecule has 0 saturated heterocycles. The van der Waals surface area contributed by atoms with Gasteiger partial charge in [0.25, 0.3) is 0 Å². The van der Waals surface area contributed by atoms with E-state index in [9.17, 15) is 0 Å². The minimum Gasteiger partial charge on any atom is -0.0676 e. The quantitative estimate of drug-likeness (QED) is 0.561. The van der Waals surface area contributed by atoms with Crippen molar-refractivity contribution < 1.29 is 0 Å². The maximum atomic E-state index is 2.41. The van der Waals surface area contributed by atoms with Crippen molar-refractivity contribution >= 4 is 0 Å². The lowest BCUT2D eigenvalue weighted by atomic mass is 9.79. The molecule has 2 aliphatic carbocycles. The van der Waals surface area contributed by atoms with E-state index in [4.69, 9.17) is 0 Å². The average molecular weight is 206 g/mol. The Bertz CT molecular complexity index is 264. The predicted octanol–water partition coefficient (Wildman–Crippen LogP) is 4.95. The van der Waals surface area contributed by atoms with Gasteiger partial charge in [-0.25, -0.2) is 0 Å². The molecule has 0 radical (unpaired) electrons. The van der Waals surface area contributed by atoms with Crippen LogP contribution in [0.4, 0.5) is 0 Å². The first-order valence-corrected chi connectivity index (χ1v) is 6.80. The Morgan fingerprint density at radius 3 is 2.00 bits per heavy atom. The number of hydrogen-bond donors (Lipinski definition) is 0. The van der Waals surface area contributed by atoms with Crippen LogP contribution in [-0.4, -0.2) is 0 Å². The summed E-state index contributed by atoms with van der Waals surface area (Å²) >= 11 is 0. The Morgan fingerprint density at radius 2 is 1.53 bits per heavy atom. The predicted molar refractivity (Wildman–Crippen MR) is 66.8 cm³/mol. The van der Waals surface area contributed by atoms with Crippen molar-refractivity contribution in [3.63, 3.8) is 0 Å². The third kappa shape index (κ3) is 2.00. The topological polar surface area (TPSA) is 0 Å². The van der Waals surface area contributed by atoms with E-state index in [1.807, 2.05) is 11.1 Å². The van der Waals surface area contributed by atoms with Gasteiger partial charge in [-0.05, 0) is 49.4 Å². The van der Waals surface area contributed by atoms with Crippen LogP contribution in [0.15, 0.2) is 11.1 Å². The van der Waals surface area contributed by atoms with Gasteiger partial charge in [-0.2, -0.15) is 0 Å². The number of rotatable bonds is 2. The molecule has 15 heavy (non-hydrogen) atoms. The SMILES string of the molecule is CC(C)C1=C(C(C)C)C2(CCCC1)CC2. The highest BCUT2D eigenvalue weighted by Crippen LogP contribution is 2.60. The highest BCUT2D eigenvalue weighted by molar-refractivity contribution is 5.31. The fourth-order valence-corrected chi connectivity index (χ4v) is 3.64. The van der Waals surface area contributed by atoms with Crippen LogP contribution in [0.3, 0.4) is 0 Å². The molecule has 0 N–H and O–H groups in total. The van der Waals surface area contributed by atoms with Crippen LogP contribution in [0.2, 0.25) is 0 Å². The summed E-state index contributed by atoms with van der Waals surface area (Å²) in [5.74, 6) is 1.56. The fourth-order valence-electron chi connectivity index (χ4n) is 3.64. The highest BCUT2D eigenvalue weighted by Gasteiger charge is 2.47. The summed E-state index contributed by atoms with van der Waals surface area (Å²) in [4.78, 5) is 0. The zero-order valence-corrected chi connectivity index (χ0v) is 10.9. The monoisotopic (exact) mass is 206 g/mol. The van der Waals surface area contributed by atoms with Crippen LogP contribution in [0.5, 0.6) is 0 Å². The molecular weight excluding hydrogens is 180 g/mol. The van der Waals surface area contributed by atoms with Crippen molar-refractivity contribution in [1.82, 2.24) is 0 Å².